The Hall–Kier alpha value is -1.33. The minimum atomic E-state index is -0.925. The molecular weight excluding hydrogens is 180 g/mol. The molecule has 0 amide bonds. The zero-order valence-electron chi connectivity index (χ0n) is 7.36. The predicted octanol–water partition coefficient (Wildman–Crippen LogP) is 2.02. The highest BCUT2D eigenvalue weighted by atomic mass is 32.2. The number of benzene rings is 1. The molecule has 1 aromatic carbocycles. The summed E-state index contributed by atoms with van der Waals surface area (Å²) in [5.74, 6) is 2.57. The molecule has 0 fully saturated rings. The van der Waals surface area contributed by atoms with Crippen molar-refractivity contribution in [2.75, 3.05) is 6.26 Å². The highest BCUT2D eigenvalue weighted by molar-refractivity contribution is 7.87. The lowest BCUT2D eigenvalue weighted by Crippen LogP contribution is -1.81. The second-order valence-corrected chi connectivity index (χ2v) is 3.80. The monoisotopic (exact) mass is 190 g/mol. The van der Waals surface area contributed by atoms with Gasteiger partial charge in [0.05, 0.1) is 0 Å². The molecule has 0 aliphatic rings. The molecule has 1 aromatic rings. The zero-order valence-corrected chi connectivity index (χ0v) is 8.17. The number of hydrogen-bond acceptors (Lipinski definition) is 1. The maximum atomic E-state index is 10.8. The first kappa shape index (κ1) is 9.76. The molecule has 2 heteroatoms. The second-order valence-electron chi connectivity index (χ2n) is 2.53. The Morgan fingerprint density at radius 3 is 2.77 bits per heavy atom. The molecule has 0 saturated heterocycles. The fourth-order valence-electron chi connectivity index (χ4n) is 0.943. The van der Waals surface area contributed by atoms with Gasteiger partial charge < -0.3 is 0 Å². The summed E-state index contributed by atoms with van der Waals surface area (Å²) >= 11 is 0. The first-order chi connectivity index (χ1) is 6.24. The van der Waals surface area contributed by atoms with Gasteiger partial charge in [-0.2, -0.15) is 0 Å². The van der Waals surface area contributed by atoms with Crippen LogP contribution in [0, 0.1) is 12.3 Å². The van der Waals surface area contributed by atoms with Gasteiger partial charge in [0.2, 0.25) is 0 Å². The van der Waals surface area contributed by atoms with E-state index in [-0.39, 0.29) is 0 Å². The maximum absolute atomic E-state index is 10.8. The third-order valence-electron chi connectivity index (χ3n) is 1.56. The predicted molar refractivity (Wildman–Crippen MR) is 57.5 cm³/mol. The Morgan fingerprint density at radius 1 is 1.46 bits per heavy atom. The van der Waals surface area contributed by atoms with Crippen molar-refractivity contribution in [1.82, 2.24) is 0 Å². The third-order valence-corrected chi connectivity index (χ3v) is 2.07. The summed E-state index contributed by atoms with van der Waals surface area (Å²) in [7, 11) is -0.925. The topological polar surface area (TPSA) is 17.1 Å². The van der Waals surface area contributed by atoms with Gasteiger partial charge in [-0.05, 0) is 17.7 Å². The third kappa shape index (κ3) is 2.89. The van der Waals surface area contributed by atoms with Crippen LogP contribution in [0.1, 0.15) is 11.1 Å². The van der Waals surface area contributed by atoms with E-state index in [1.54, 1.807) is 17.7 Å². The van der Waals surface area contributed by atoms with Gasteiger partial charge in [-0.25, -0.2) is 0 Å². The van der Waals surface area contributed by atoms with Crippen LogP contribution >= 0.6 is 0 Å². The van der Waals surface area contributed by atoms with Crippen LogP contribution in [0.5, 0.6) is 0 Å². The van der Waals surface area contributed by atoms with E-state index >= 15 is 0 Å². The lowest BCUT2D eigenvalue weighted by molar-refractivity contribution is 0.692. The Bertz CT molecular complexity index is 385. The summed E-state index contributed by atoms with van der Waals surface area (Å²) in [4.78, 5) is 0. The van der Waals surface area contributed by atoms with E-state index in [2.05, 4.69) is 5.92 Å². The van der Waals surface area contributed by atoms with Crippen molar-refractivity contribution in [3.63, 3.8) is 0 Å². The Kier molecular flexibility index (Phi) is 3.48. The molecule has 0 aliphatic carbocycles. The molecule has 1 unspecified atom stereocenters. The van der Waals surface area contributed by atoms with Gasteiger partial charge in [-0.15, -0.1) is 6.42 Å². The van der Waals surface area contributed by atoms with Crippen LogP contribution in [0.2, 0.25) is 0 Å². The largest absolute Gasteiger partial charge is 0.255 e. The van der Waals surface area contributed by atoms with E-state index in [9.17, 15) is 4.21 Å². The van der Waals surface area contributed by atoms with E-state index in [0.717, 1.165) is 11.1 Å². The van der Waals surface area contributed by atoms with E-state index in [1.165, 1.54) is 0 Å². The minimum absolute atomic E-state index is 0.823. The standard InChI is InChI=1S/C11H10OS/c1-3-10-6-4-5-7-11(10)8-9-13(2)12/h1,4-9H,2H3/b9-8+. The van der Waals surface area contributed by atoms with Crippen molar-refractivity contribution in [3.05, 3.63) is 40.8 Å². The Morgan fingerprint density at radius 2 is 2.15 bits per heavy atom. The molecule has 0 aliphatic heterocycles. The lowest BCUT2D eigenvalue weighted by Gasteiger charge is -1.96. The van der Waals surface area contributed by atoms with Gasteiger partial charge in [-0.3, -0.25) is 4.21 Å². The molecule has 1 rings (SSSR count). The highest BCUT2D eigenvalue weighted by Gasteiger charge is 1.93. The Balaban J connectivity index is 3.02. The summed E-state index contributed by atoms with van der Waals surface area (Å²) in [5.41, 5.74) is 1.75. The molecule has 0 N–H and O–H groups in total. The summed E-state index contributed by atoms with van der Waals surface area (Å²) < 4.78 is 10.8. The highest BCUT2D eigenvalue weighted by Crippen LogP contribution is 2.09. The summed E-state index contributed by atoms with van der Waals surface area (Å²) in [6.07, 6.45) is 8.70. The van der Waals surface area contributed by atoms with Crippen LogP contribution in [0.3, 0.4) is 0 Å². The normalized spacial score (nSPS) is 12.6. The molecule has 1 atom stereocenters. The quantitative estimate of drug-likeness (QED) is 0.652. The van der Waals surface area contributed by atoms with Crippen LogP contribution in [0.4, 0.5) is 0 Å². The zero-order chi connectivity index (χ0) is 9.68. The van der Waals surface area contributed by atoms with Gasteiger partial charge in [0.25, 0.3) is 0 Å². The van der Waals surface area contributed by atoms with Crippen LogP contribution < -0.4 is 0 Å². The van der Waals surface area contributed by atoms with Gasteiger partial charge in [0.1, 0.15) is 0 Å². The van der Waals surface area contributed by atoms with E-state index in [0.29, 0.717) is 0 Å². The van der Waals surface area contributed by atoms with Crippen molar-refractivity contribution in [2.45, 2.75) is 0 Å². The van der Waals surface area contributed by atoms with Gasteiger partial charge in [-0.1, -0.05) is 24.1 Å². The molecule has 0 spiro atoms. The smallest absolute Gasteiger partial charge is 0.0424 e. The van der Waals surface area contributed by atoms with Crippen LogP contribution in [0.25, 0.3) is 6.08 Å². The van der Waals surface area contributed by atoms with Crippen molar-refractivity contribution in [2.24, 2.45) is 0 Å². The van der Waals surface area contributed by atoms with Crippen molar-refractivity contribution < 1.29 is 4.21 Å². The van der Waals surface area contributed by atoms with Crippen molar-refractivity contribution in [3.8, 4) is 12.3 Å². The first-order valence-electron chi connectivity index (χ1n) is 3.80. The van der Waals surface area contributed by atoms with E-state index < -0.39 is 10.8 Å². The number of terminal acetylenes is 1. The number of hydrogen-bond donors (Lipinski definition) is 0. The van der Waals surface area contributed by atoms with Gasteiger partial charge in [0.15, 0.2) is 0 Å². The number of rotatable bonds is 2. The van der Waals surface area contributed by atoms with E-state index in [1.807, 2.05) is 24.3 Å². The molecule has 0 saturated carbocycles. The Labute approximate surface area is 80.9 Å². The molecule has 1 nitrogen and oxygen atoms in total. The second kappa shape index (κ2) is 4.64. The average Bonchev–Trinajstić information content (AvgIpc) is 2.15. The molecule has 13 heavy (non-hydrogen) atoms. The maximum Gasteiger partial charge on any atom is 0.0424 e. The molecule has 0 radical (unpaired) electrons. The molecule has 66 valence electrons. The van der Waals surface area contributed by atoms with Crippen molar-refractivity contribution in [1.29, 1.82) is 0 Å². The first-order valence-corrected chi connectivity index (χ1v) is 5.42. The summed E-state index contributed by atoms with van der Waals surface area (Å²) in [5, 5.41) is 1.62. The van der Waals surface area contributed by atoms with Crippen LogP contribution in [0.15, 0.2) is 29.7 Å². The van der Waals surface area contributed by atoms with Gasteiger partial charge >= 0.3 is 0 Å². The molecular formula is C11H10OS. The summed E-state index contributed by atoms with van der Waals surface area (Å²) in [6.45, 7) is 0. The van der Waals surface area contributed by atoms with Gasteiger partial charge in [0, 0.05) is 28.0 Å². The average molecular weight is 190 g/mol. The molecule has 0 aromatic heterocycles. The van der Waals surface area contributed by atoms with Crippen LogP contribution in [-0.4, -0.2) is 10.5 Å². The van der Waals surface area contributed by atoms with Crippen molar-refractivity contribution >= 4 is 16.9 Å². The molecule has 0 heterocycles. The van der Waals surface area contributed by atoms with Crippen LogP contribution in [-0.2, 0) is 10.8 Å². The van der Waals surface area contributed by atoms with E-state index in [4.69, 9.17) is 6.42 Å². The fraction of sp³-hybridized carbons (Fsp3) is 0.0909. The minimum Gasteiger partial charge on any atom is -0.255 e. The lowest BCUT2D eigenvalue weighted by atomic mass is 10.1. The SMILES string of the molecule is C#Cc1ccccc1/C=C/S(C)=O. The summed E-state index contributed by atoms with van der Waals surface area (Å²) in [6, 6.07) is 7.55. The molecule has 0 bridgehead atoms. The fourth-order valence-corrected chi connectivity index (χ4v) is 1.28.